The van der Waals surface area contributed by atoms with Crippen LogP contribution in [0.5, 0.6) is 5.75 Å². The topological polar surface area (TPSA) is 64.3 Å². The Hall–Kier alpha value is -1.55. The predicted octanol–water partition coefficient (Wildman–Crippen LogP) is 2.44. The molecule has 108 valence electrons. The first kappa shape index (κ1) is 13.4. The van der Waals surface area contributed by atoms with Gasteiger partial charge in [-0.05, 0) is 39.3 Å². The second kappa shape index (κ2) is 3.76. The maximum absolute atomic E-state index is 12.2. The molecule has 2 heterocycles. The predicted molar refractivity (Wildman–Crippen MR) is 79.3 cm³/mol. The van der Waals surface area contributed by atoms with Crippen LogP contribution in [0.1, 0.15) is 50.3 Å². The molecule has 1 aromatic rings. The first-order valence-electron chi connectivity index (χ1n) is 7.11. The van der Waals surface area contributed by atoms with Crippen LogP contribution < -0.4 is 15.8 Å². The van der Waals surface area contributed by atoms with Crippen molar-refractivity contribution >= 4 is 11.6 Å². The van der Waals surface area contributed by atoms with Crippen LogP contribution in [0.2, 0.25) is 0 Å². The van der Waals surface area contributed by atoms with Gasteiger partial charge in [-0.1, -0.05) is 6.92 Å². The van der Waals surface area contributed by atoms with Crippen LogP contribution in [-0.2, 0) is 10.2 Å². The number of nitrogens with one attached hydrogen (secondary N) is 1. The third kappa shape index (κ3) is 1.43. The van der Waals surface area contributed by atoms with Crippen molar-refractivity contribution in [3.05, 3.63) is 22.8 Å². The Morgan fingerprint density at radius 1 is 1.40 bits per heavy atom. The minimum absolute atomic E-state index is 0.0293. The molecule has 4 heteroatoms. The van der Waals surface area contributed by atoms with E-state index in [0.717, 1.165) is 22.6 Å². The number of anilines is 1. The van der Waals surface area contributed by atoms with Crippen molar-refractivity contribution in [3.8, 4) is 5.75 Å². The molecule has 2 atom stereocenters. The SMILES string of the molecule is Cc1cc2c(c3c1NC(=O)C3(C)C)O[C@@](C)(CN)[C@H]2C. The van der Waals surface area contributed by atoms with Gasteiger partial charge in [-0.2, -0.15) is 0 Å². The van der Waals surface area contributed by atoms with Gasteiger partial charge < -0.3 is 15.8 Å². The summed E-state index contributed by atoms with van der Waals surface area (Å²) < 4.78 is 6.22. The summed E-state index contributed by atoms with van der Waals surface area (Å²) in [4.78, 5) is 12.2. The highest BCUT2D eigenvalue weighted by Gasteiger charge is 2.49. The van der Waals surface area contributed by atoms with Crippen LogP contribution in [0.15, 0.2) is 6.07 Å². The van der Waals surface area contributed by atoms with E-state index in [9.17, 15) is 4.79 Å². The second-order valence-corrected chi connectivity index (χ2v) is 6.78. The summed E-state index contributed by atoms with van der Waals surface area (Å²) in [6.45, 7) is 10.6. The second-order valence-electron chi connectivity index (χ2n) is 6.78. The van der Waals surface area contributed by atoms with Gasteiger partial charge in [0, 0.05) is 23.6 Å². The molecular weight excluding hydrogens is 252 g/mol. The molecular formula is C16H22N2O2. The van der Waals surface area contributed by atoms with Crippen LogP contribution in [0.4, 0.5) is 5.69 Å². The molecule has 3 rings (SSSR count). The number of carbonyl (C=O) groups excluding carboxylic acids is 1. The Morgan fingerprint density at radius 2 is 2.05 bits per heavy atom. The minimum Gasteiger partial charge on any atom is -0.485 e. The molecule has 20 heavy (non-hydrogen) atoms. The third-order valence-corrected chi connectivity index (χ3v) is 5.06. The van der Waals surface area contributed by atoms with E-state index in [0.29, 0.717) is 6.54 Å². The number of hydrogen-bond donors (Lipinski definition) is 2. The molecule has 0 aromatic heterocycles. The molecule has 2 aliphatic heterocycles. The van der Waals surface area contributed by atoms with E-state index < -0.39 is 11.0 Å². The van der Waals surface area contributed by atoms with E-state index in [1.54, 1.807) is 0 Å². The highest BCUT2D eigenvalue weighted by atomic mass is 16.5. The van der Waals surface area contributed by atoms with Crippen LogP contribution in [0, 0.1) is 6.92 Å². The smallest absolute Gasteiger partial charge is 0.234 e. The van der Waals surface area contributed by atoms with Crippen molar-refractivity contribution in [2.45, 2.75) is 51.6 Å². The standard InChI is InChI=1S/C16H22N2O2/c1-8-6-10-9(2)16(5,7-17)20-13(10)11-12(8)18-14(19)15(11,3)4/h6,9H,7,17H2,1-5H3,(H,18,19)/t9-,16-/m0/s1. The van der Waals surface area contributed by atoms with Crippen molar-refractivity contribution in [1.82, 2.24) is 0 Å². The zero-order valence-electron chi connectivity index (χ0n) is 12.8. The monoisotopic (exact) mass is 274 g/mol. The summed E-state index contributed by atoms with van der Waals surface area (Å²) in [6, 6.07) is 2.13. The molecule has 0 fully saturated rings. The molecule has 1 amide bonds. The van der Waals surface area contributed by atoms with Crippen molar-refractivity contribution < 1.29 is 9.53 Å². The lowest BCUT2D eigenvalue weighted by atomic mass is 9.81. The normalized spacial score (nSPS) is 29.7. The van der Waals surface area contributed by atoms with Crippen molar-refractivity contribution in [3.63, 3.8) is 0 Å². The Kier molecular flexibility index (Phi) is 2.52. The van der Waals surface area contributed by atoms with Crippen LogP contribution in [0.25, 0.3) is 0 Å². The van der Waals surface area contributed by atoms with Crippen LogP contribution in [-0.4, -0.2) is 18.1 Å². The lowest BCUT2D eigenvalue weighted by molar-refractivity contribution is -0.119. The molecule has 0 spiro atoms. The van der Waals surface area contributed by atoms with E-state index >= 15 is 0 Å². The number of rotatable bonds is 1. The molecule has 4 nitrogen and oxygen atoms in total. The number of aryl methyl sites for hydroxylation is 1. The molecule has 0 saturated heterocycles. The summed E-state index contributed by atoms with van der Waals surface area (Å²) in [5.41, 5.74) is 9.10. The maximum Gasteiger partial charge on any atom is 0.234 e. The van der Waals surface area contributed by atoms with Gasteiger partial charge in [0.2, 0.25) is 5.91 Å². The van der Waals surface area contributed by atoms with E-state index in [4.69, 9.17) is 10.5 Å². The number of amides is 1. The van der Waals surface area contributed by atoms with Gasteiger partial charge in [-0.3, -0.25) is 4.79 Å². The van der Waals surface area contributed by atoms with Gasteiger partial charge in [-0.15, -0.1) is 0 Å². The Morgan fingerprint density at radius 3 is 2.65 bits per heavy atom. The number of benzene rings is 1. The fraction of sp³-hybridized carbons (Fsp3) is 0.562. The maximum atomic E-state index is 12.2. The van der Waals surface area contributed by atoms with E-state index in [2.05, 4.69) is 18.3 Å². The fourth-order valence-corrected chi connectivity index (χ4v) is 3.27. The Bertz CT molecular complexity index is 621. The summed E-state index contributed by atoms with van der Waals surface area (Å²) in [6.07, 6.45) is 0. The number of nitrogens with two attached hydrogens (primary N) is 1. The first-order chi connectivity index (χ1) is 9.22. The summed E-state index contributed by atoms with van der Waals surface area (Å²) in [7, 11) is 0. The first-order valence-corrected chi connectivity index (χ1v) is 7.11. The van der Waals surface area contributed by atoms with Gasteiger partial charge in [0.1, 0.15) is 11.4 Å². The van der Waals surface area contributed by atoms with Crippen LogP contribution >= 0.6 is 0 Å². The lowest BCUT2D eigenvalue weighted by Crippen LogP contribution is -2.41. The average molecular weight is 274 g/mol. The molecule has 0 saturated carbocycles. The number of carbonyl (C=O) groups is 1. The summed E-state index contributed by atoms with van der Waals surface area (Å²) in [5, 5.41) is 3.00. The molecule has 2 aliphatic rings. The van der Waals surface area contributed by atoms with Gasteiger partial charge in [-0.25, -0.2) is 0 Å². The van der Waals surface area contributed by atoms with Crippen molar-refractivity contribution in [1.29, 1.82) is 0 Å². The van der Waals surface area contributed by atoms with Crippen molar-refractivity contribution in [2.24, 2.45) is 5.73 Å². The highest BCUT2D eigenvalue weighted by molar-refractivity contribution is 6.07. The Labute approximate surface area is 119 Å². The zero-order chi connectivity index (χ0) is 14.9. The van der Waals surface area contributed by atoms with Gasteiger partial charge >= 0.3 is 0 Å². The number of fused-ring (bicyclic) bond motifs is 3. The molecule has 0 aliphatic carbocycles. The van der Waals surface area contributed by atoms with E-state index in [-0.39, 0.29) is 11.8 Å². The van der Waals surface area contributed by atoms with Crippen molar-refractivity contribution in [2.75, 3.05) is 11.9 Å². The third-order valence-electron chi connectivity index (χ3n) is 5.06. The molecule has 0 unspecified atom stereocenters. The zero-order valence-corrected chi connectivity index (χ0v) is 12.8. The molecule has 0 bridgehead atoms. The molecule has 1 aromatic carbocycles. The van der Waals surface area contributed by atoms with E-state index in [1.807, 2.05) is 27.7 Å². The van der Waals surface area contributed by atoms with Gasteiger partial charge in [0.25, 0.3) is 0 Å². The highest BCUT2D eigenvalue weighted by Crippen LogP contribution is 2.54. The lowest BCUT2D eigenvalue weighted by Gasteiger charge is -2.27. The van der Waals surface area contributed by atoms with Crippen LogP contribution in [0.3, 0.4) is 0 Å². The largest absolute Gasteiger partial charge is 0.485 e. The van der Waals surface area contributed by atoms with Gasteiger partial charge in [0.15, 0.2) is 0 Å². The van der Waals surface area contributed by atoms with Gasteiger partial charge in [0.05, 0.1) is 11.1 Å². The summed E-state index contributed by atoms with van der Waals surface area (Å²) in [5.74, 6) is 1.11. The minimum atomic E-state index is -0.564. The quantitative estimate of drug-likeness (QED) is 0.826. The number of hydrogen-bond acceptors (Lipinski definition) is 3. The Balaban J connectivity index is 2.28. The summed E-state index contributed by atoms with van der Waals surface area (Å²) >= 11 is 0. The number of ether oxygens (including phenoxy) is 1. The molecule has 3 N–H and O–H groups in total. The fourth-order valence-electron chi connectivity index (χ4n) is 3.27. The molecule has 0 radical (unpaired) electrons. The van der Waals surface area contributed by atoms with E-state index in [1.165, 1.54) is 5.56 Å². The average Bonchev–Trinajstić information content (AvgIpc) is 2.77.